The lowest BCUT2D eigenvalue weighted by Gasteiger charge is -2.36. The average Bonchev–Trinajstić information content (AvgIpc) is 2.82. The zero-order valence-electron chi connectivity index (χ0n) is 20.4. The van der Waals surface area contributed by atoms with E-state index in [4.69, 9.17) is 0 Å². The molecule has 1 aromatic heterocycles. The summed E-state index contributed by atoms with van der Waals surface area (Å²) in [6, 6.07) is 5.12. The number of anilines is 1. The molecule has 0 bridgehead atoms. The van der Waals surface area contributed by atoms with Crippen molar-refractivity contribution in [1.29, 1.82) is 0 Å². The molecule has 1 aliphatic heterocycles. The summed E-state index contributed by atoms with van der Waals surface area (Å²) >= 11 is 0. The summed E-state index contributed by atoms with van der Waals surface area (Å²) in [5.74, 6) is 1.21. The molecule has 1 saturated heterocycles. The summed E-state index contributed by atoms with van der Waals surface area (Å²) in [6.07, 6.45) is 3.12. The van der Waals surface area contributed by atoms with Gasteiger partial charge in [-0.3, -0.25) is 4.79 Å². The number of carbonyl (C=O) groups is 1. The Morgan fingerprint density at radius 3 is 2.32 bits per heavy atom. The van der Waals surface area contributed by atoms with Gasteiger partial charge in [0.1, 0.15) is 5.82 Å². The summed E-state index contributed by atoms with van der Waals surface area (Å²) in [4.78, 5) is 25.7. The van der Waals surface area contributed by atoms with Crippen LogP contribution < -0.4 is 4.90 Å². The van der Waals surface area contributed by atoms with Crippen LogP contribution in [-0.4, -0.2) is 47.0 Å². The van der Waals surface area contributed by atoms with Gasteiger partial charge in [0.05, 0.1) is 5.56 Å². The maximum atomic E-state index is 13.2. The van der Waals surface area contributed by atoms with Crippen molar-refractivity contribution in [2.24, 2.45) is 0 Å². The van der Waals surface area contributed by atoms with Crippen molar-refractivity contribution in [3.8, 4) is 11.4 Å². The van der Waals surface area contributed by atoms with E-state index in [0.717, 1.165) is 42.0 Å². The van der Waals surface area contributed by atoms with E-state index >= 15 is 0 Å². The van der Waals surface area contributed by atoms with Gasteiger partial charge in [-0.1, -0.05) is 51.2 Å². The van der Waals surface area contributed by atoms with E-state index in [1.54, 1.807) is 6.07 Å². The van der Waals surface area contributed by atoms with Crippen LogP contribution in [0.2, 0.25) is 0 Å². The first-order valence-electron chi connectivity index (χ1n) is 12.3. The Kier molecular flexibility index (Phi) is 8.91. The van der Waals surface area contributed by atoms with Gasteiger partial charge < -0.3 is 9.80 Å². The van der Waals surface area contributed by atoms with Crippen LogP contribution in [0.5, 0.6) is 0 Å². The molecule has 186 valence electrons. The van der Waals surface area contributed by atoms with Crippen molar-refractivity contribution in [2.75, 3.05) is 31.1 Å². The molecule has 0 N–H and O–H groups in total. The zero-order chi connectivity index (χ0) is 24.7. The molecule has 34 heavy (non-hydrogen) atoms. The number of hydrogen-bond donors (Lipinski definition) is 0. The highest BCUT2D eigenvalue weighted by Gasteiger charge is 2.31. The topological polar surface area (TPSA) is 49.3 Å². The van der Waals surface area contributed by atoms with Gasteiger partial charge in [0, 0.05) is 49.4 Å². The Morgan fingerprint density at radius 1 is 0.971 bits per heavy atom. The van der Waals surface area contributed by atoms with E-state index < -0.39 is 11.7 Å². The van der Waals surface area contributed by atoms with Crippen molar-refractivity contribution in [3.05, 3.63) is 41.1 Å². The van der Waals surface area contributed by atoms with Crippen LogP contribution in [0.15, 0.2) is 24.3 Å². The fourth-order valence-electron chi connectivity index (χ4n) is 4.27. The van der Waals surface area contributed by atoms with Crippen LogP contribution in [0.4, 0.5) is 19.0 Å². The Hall–Kier alpha value is -2.64. The molecule has 1 fully saturated rings. The minimum absolute atomic E-state index is 0.204. The lowest BCUT2D eigenvalue weighted by atomic mass is 10.1. The minimum Gasteiger partial charge on any atom is -0.353 e. The van der Waals surface area contributed by atoms with E-state index in [1.165, 1.54) is 31.7 Å². The van der Waals surface area contributed by atoms with Crippen molar-refractivity contribution < 1.29 is 18.0 Å². The number of carbonyl (C=O) groups excluding carboxylic acids is 1. The Labute approximate surface area is 200 Å². The van der Waals surface area contributed by atoms with Crippen molar-refractivity contribution >= 4 is 11.7 Å². The average molecular weight is 477 g/mol. The molecule has 2 heterocycles. The molecule has 0 atom stereocenters. The Bertz CT molecular complexity index is 969. The number of amides is 1. The number of alkyl halides is 3. The minimum atomic E-state index is -4.42. The number of rotatable bonds is 9. The van der Waals surface area contributed by atoms with Gasteiger partial charge in [-0.05, 0) is 32.4 Å². The lowest BCUT2D eigenvalue weighted by Crippen LogP contribution is -2.49. The first-order chi connectivity index (χ1) is 16.2. The summed E-state index contributed by atoms with van der Waals surface area (Å²) in [5, 5.41) is 0. The molecule has 3 rings (SSSR count). The first kappa shape index (κ1) is 26.0. The molecular formula is C26H35F3N4O. The zero-order valence-corrected chi connectivity index (χ0v) is 20.4. The highest BCUT2D eigenvalue weighted by atomic mass is 19.4. The number of unbranched alkanes of at least 4 members (excludes halogenated alkanes) is 5. The molecule has 0 aliphatic carbocycles. The predicted octanol–water partition coefficient (Wildman–Crippen LogP) is 6.18. The molecule has 2 aromatic rings. The second kappa shape index (κ2) is 11.7. The summed E-state index contributed by atoms with van der Waals surface area (Å²) in [5.41, 5.74) is 1.26. The SMILES string of the molecule is CCCCCCCCC(=O)N1CCN(c2nc(-c3cccc(C(F)(F)F)c3)nc(C)c2C)CC1. The molecule has 1 aliphatic rings. The quantitative estimate of drug-likeness (QED) is 0.406. The van der Waals surface area contributed by atoms with Gasteiger partial charge in [0.15, 0.2) is 5.82 Å². The van der Waals surface area contributed by atoms with E-state index in [2.05, 4.69) is 21.8 Å². The van der Waals surface area contributed by atoms with Crippen LogP contribution in [0, 0.1) is 13.8 Å². The van der Waals surface area contributed by atoms with Crippen molar-refractivity contribution in [2.45, 2.75) is 71.9 Å². The summed E-state index contributed by atoms with van der Waals surface area (Å²) in [6.45, 7) is 8.49. The fraction of sp³-hybridized carbons (Fsp3) is 0.577. The smallest absolute Gasteiger partial charge is 0.353 e. The maximum absolute atomic E-state index is 13.2. The number of benzene rings is 1. The second-order valence-corrected chi connectivity index (χ2v) is 9.05. The van der Waals surface area contributed by atoms with Crippen LogP contribution in [0.3, 0.4) is 0 Å². The standard InChI is InChI=1S/C26H35F3N4O/c1-4-5-6-7-8-9-13-23(34)32-14-16-33(17-15-32)25-19(2)20(3)30-24(31-25)21-11-10-12-22(18-21)26(27,28)29/h10-12,18H,4-9,13-17H2,1-3H3. The third kappa shape index (κ3) is 6.70. The second-order valence-electron chi connectivity index (χ2n) is 9.05. The van der Waals surface area contributed by atoms with E-state index in [0.29, 0.717) is 38.2 Å². The molecule has 5 nitrogen and oxygen atoms in total. The van der Waals surface area contributed by atoms with E-state index in [-0.39, 0.29) is 11.7 Å². The van der Waals surface area contributed by atoms with Crippen LogP contribution in [-0.2, 0) is 11.0 Å². The van der Waals surface area contributed by atoms with Gasteiger partial charge in [-0.2, -0.15) is 13.2 Å². The normalized spacial score (nSPS) is 14.5. The lowest BCUT2D eigenvalue weighted by molar-refractivity contribution is -0.137. The van der Waals surface area contributed by atoms with Gasteiger partial charge in [0.25, 0.3) is 0 Å². The van der Waals surface area contributed by atoms with Gasteiger partial charge in [-0.15, -0.1) is 0 Å². The van der Waals surface area contributed by atoms with E-state index in [1.807, 2.05) is 18.7 Å². The molecule has 0 saturated carbocycles. The van der Waals surface area contributed by atoms with Gasteiger partial charge in [-0.25, -0.2) is 9.97 Å². The summed E-state index contributed by atoms with van der Waals surface area (Å²) in [7, 11) is 0. The van der Waals surface area contributed by atoms with Crippen molar-refractivity contribution in [3.63, 3.8) is 0 Å². The number of piperazine rings is 1. The van der Waals surface area contributed by atoms with Crippen molar-refractivity contribution in [1.82, 2.24) is 14.9 Å². The molecule has 0 unspecified atom stereocenters. The fourth-order valence-corrected chi connectivity index (χ4v) is 4.27. The number of aryl methyl sites for hydroxylation is 1. The number of aromatic nitrogens is 2. The first-order valence-corrected chi connectivity index (χ1v) is 12.3. The molecule has 1 amide bonds. The van der Waals surface area contributed by atoms with Gasteiger partial charge >= 0.3 is 6.18 Å². The predicted molar refractivity (Wildman–Crippen MR) is 129 cm³/mol. The third-order valence-corrected chi connectivity index (χ3v) is 6.49. The number of halogens is 3. The maximum Gasteiger partial charge on any atom is 0.416 e. The largest absolute Gasteiger partial charge is 0.416 e. The molecule has 0 spiro atoms. The molecular weight excluding hydrogens is 441 g/mol. The number of hydrogen-bond acceptors (Lipinski definition) is 4. The number of nitrogens with zero attached hydrogens (tertiary/aromatic N) is 4. The van der Waals surface area contributed by atoms with E-state index in [9.17, 15) is 18.0 Å². The molecule has 8 heteroatoms. The van der Waals surface area contributed by atoms with Gasteiger partial charge in [0.2, 0.25) is 5.91 Å². The highest BCUT2D eigenvalue weighted by molar-refractivity contribution is 5.76. The Balaban J connectivity index is 1.64. The molecule has 0 radical (unpaired) electrons. The molecule has 1 aromatic carbocycles. The highest BCUT2D eigenvalue weighted by Crippen LogP contribution is 2.32. The third-order valence-electron chi connectivity index (χ3n) is 6.49. The van der Waals surface area contributed by atoms with Crippen LogP contribution in [0.1, 0.15) is 68.7 Å². The van der Waals surface area contributed by atoms with Crippen LogP contribution in [0.25, 0.3) is 11.4 Å². The monoisotopic (exact) mass is 476 g/mol. The van der Waals surface area contributed by atoms with Crippen LogP contribution >= 0.6 is 0 Å². The summed E-state index contributed by atoms with van der Waals surface area (Å²) < 4.78 is 39.5. The Morgan fingerprint density at radius 2 is 1.65 bits per heavy atom.